The molecule has 1 saturated heterocycles. The molecular formula is C22H22Cl2F2N2O5. The lowest BCUT2D eigenvalue weighted by Crippen LogP contribution is -2.40. The third kappa shape index (κ3) is 7.73. The van der Waals surface area contributed by atoms with Crippen molar-refractivity contribution in [2.75, 3.05) is 39.5 Å². The highest BCUT2D eigenvalue weighted by Gasteiger charge is 2.29. The number of halogens is 4. The maximum atomic E-state index is 13.4. The molecule has 1 aliphatic heterocycles. The molecule has 0 spiro atoms. The highest BCUT2D eigenvalue weighted by Crippen LogP contribution is 2.22. The van der Waals surface area contributed by atoms with Gasteiger partial charge in [-0.3, -0.25) is 9.59 Å². The number of amides is 2. The third-order valence-electron chi connectivity index (χ3n) is 4.98. The number of hydrogen-bond acceptors (Lipinski definition) is 5. The van der Waals surface area contributed by atoms with Crippen LogP contribution in [0.2, 0.25) is 10.0 Å². The number of carbonyl (C=O) groups is 2. The van der Waals surface area contributed by atoms with Gasteiger partial charge in [0.2, 0.25) is 0 Å². The van der Waals surface area contributed by atoms with Crippen molar-refractivity contribution in [3.05, 3.63) is 58.1 Å². The van der Waals surface area contributed by atoms with Crippen molar-refractivity contribution in [1.29, 1.82) is 0 Å². The van der Waals surface area contributed by atoms with Crippen LogP contribution in [-0.2, 0) is 14.3 Å². The van der Waals surface area contributed by atoms with Gasteiger partial charge in [-0.2, -0.15) is 0 Å². The summed E-state index contributed by atoms with van der Waals surface area (Å²) in [7, 11) is 0. The van der Waals surface area contributed by atoms with Crippen LogP contribution < -0.4 is 20.1 Å². The van der Waals surface area contributed by atoms with E-state index in [1.165, 1.54) is 24.3 Å². The monoisotopic (exact) mass is 502 g/mol. The summed E-state index contributed by atoms with van der Waals surface area (Å²) in [5, 5.41) is 5.43. The Morgan fingerprint density at radius 2 is 1.27 bits per heavy atom. The lowest BCUT2D eigenvalue weighted by Gasteiger charge is -2.19. The van der Waals surface area contributed by atoms with Crippen LogP contribution in [0.4, 0.5) is 8.78 Å². The average Bonchev–Trinajstić information content (AvgIpc) is 3.25. The van der Waals surface area contributed by atoms with E-state index in [0.717, 1.165) is 12.1 Å². The molecular weight excluding hydrogens is 481 g/mol. The standard InChI is InChI=1S/C22H22Cl2F2N2O5/c23-17-3-1-15(5-19(17)25)32-11-21(29)27-7-13-9-31-10-14(13)8-28-22(30)12-33-16-2-4-18(24)20(26)6-16/h1-6,13-14H,7-12H2,(H,27,29)(H,28,30). The van der Waals surface area contributed by atoms with E-state index in [2.05, 4.69) is 10.6 Å². The van der Waals surface area contributed by atoms with Crippen LogP contribution in [0.3, 0.4) is 0 Å². The van der Waals surface area contributed by atoms with E-state index in [1.54, 1.807) is 0 Å². The van der Waals surface area contributed by atoms with Crippen molar-refractivity contribution in [1.82, 2.24) is 10.6 Å². The van der Waals surface area contributed by atoms with Gasteiger partial charge in [-0.05, 0) is 24.3 Å². The summed E-state index contributed by atoms with van der Waals surface area (Å²) < 4.78 is 42.8. The maximum absolute atomic E-state index is 13.4. The Hall–Kier alpha value is -2.62. The molecule has 0 bridgehead atoms. The zero-order chi connectivity index (χ0) is 23.8. The minimum atomic E-state index is -0.631. The first-order valence-electron chi connectivity index (χ1n) is 10.1. The summed E-state index contributed by atoms with van der Waals surface area (Å²) >= 11 is 11.2. The molecule has 0 aromatic heterocycles. The predicted molar refractivity (Wildman–Crippen MR) is 118 cm³/mol. The molecule has 1 heterocycles. The van der Waals surface area contributed by atoms with Gasteiger partial charge >= 0.3 is 0 Å². The molecule has 7 nitrogen and oxygen atoms in total. The number of carbonyl (C=O) groups excluding carboxylic acids is 2. The molecule has 0 radical (unpaired) electrons. The summed E-state index contributed by atoms with van der Waals surface area (Å²) in [6.07, 6.45) is 0. The number of nitrogens with one attached hydrogen (secondary N) is 2. The van der Waals surface area contributed by atoms with Crippen LogP contribution in [0.1, 0.15) is 0 Å². The van der Waals surface area contributed by atoms with E-state index < -0.39 is 11.6 Å². The first kappa shape index (κ1) is 25.0. The van der Waals surface area contributed by atoms with E-state index in [4.69, 9.17) is 37.4 Å². The predicted octanol–water partition coefficient (Wildman–Crippen LogP) is 3.22. The van der Waals surface area contributed by atoms with E-state index in [1.807, 2.05) is 0 Å². The van der Waals surface area contributed by atoms with Gasteiger partial charge < -0.3 is 24.8 Å². The second kappa shape index (κ2) is 12.0. The normalized spacial score (nSPS) is 17.5. The Balaban J connectivity index is 1.35. The summed E-state index contributed by atoms with van der Waals surface area (Å²) in [4.78, 5) is 24.1. The van der Waals surface area contributed by atoms with Crippen molar-refractivity contribution < 1.29 is 32.6 Å². The van der Waals surface area contributed by atoms with Crippen LogP contribution in [0.15, 0.2) is 36.4 Å². The van der Waals surface area contributed by atoms with Gasteiger partial charge in [-0.15, -0.1) is 0 Å². The number of hydrogen-bond donors (Lipinski definition) is 2. The fraction of sp³-hybridized carbons (Fsp3) is 0.364. The Morgan fingerprint density at radius 3 is 1.67 bits per heavy atom. The lowest BCUT2D eigenvalue weighted by atomic mass is 9.96. The molecule has 1 fully saturated rings. The van der Waals surface area contributed by atoms with E-state index >= 15 is 0 Å². The smallest absolute Gasteiger partial charge is 0.257 e. The number of rotatable bonds is 10. The van der Waals surface area contributed by atoms with Gasteiger partial charge in [-0.25, -0.2) is 8.78 Å². The Morgan fingerprint density at radius 1 is 0.848 bits per heavy atom. The van der Waals surface area contributed by atoms with Gasteiger partial charge in [0.15, 0.2) is 13.2 Å². The molecule has 2 N–H and O–H groups in total. The van der Waals surface area contributed by atoms with Crippen molar-refractivity contribution in [3.8, 4) is 11.5 Å². The first-order valence-corrected chi connectivity index (χ1v) is 10.8. The SMILES string of the molecule is O=C(COc1ccc(Cl)c(F)c1)NCC1COCC1CNC(=O)COc1ccc(Cl)c(F)c1. The molecule has 3 rings (SSSR count). The van der Waals surface area contributed by atoms with E-state index in [-0.39, 0.29) is 58.4 Å². The van der Waals surface area contributed by atoms with Crippen LogP contribution in [0.5, 0.6) is 11.5 Å². The molecule has 0 saturated carbocycles. The first-order chi connectivity index (χ1) is 15.8. The molecule has 11 heteroatoms. The summed E-state index contributed by atoms with van der Waals surface area (Å²) in [5.41, 5.74) is 0. The maximum Gasteiger partial charge on any atom is 0.257 e. The molecule has 178 valence electrons. The molecule has 2 aromatic rings. The molecule has 0 aliphatic carbocycles. The van der Waals surface area contributed by atoms with Crippen LogP contribution >= 0.6 is 23.2 Å². The van der Waals surface area contributed by atoms with Crippen LogP contribution in [-0.4, -0.2) is 51.3 Å². The highest BCUT2D eigenvalue weighted by atomic mass is 35.5. The largest absolute Gasteiger partial charge is 0.484 e. The quantitative estimate of drug-likeness (QED) is 0.520. The molecule has 2 aromatic carbocycles. The van der Waals surface area contributed by atoms with Gasteiger partial charge in [0.1, 0.15) is 23.1 Å². The summed E-state index contributed by atoms with van der Waals surface area (Å²) in [6.45, 7) is 0.975. The second-order valence-corrected chi connectivity index (χ2v) is 8.21. The Labute approximate surface area is 199 Å². The van der Waals surface area contributed by atoms with Crippen LogP contribution in [0, 0.1) is 23.5 Å². The molecule has 2 amide bonds. The average molecular weight is 503 g/mol. The molecule has 2 atom stereocenters. The fourth-order valence-corrected chi connectivity index (χ4v) is 3.35. The molecule has 33 heavy (non-hydrogen) atoms. The number of ether oxygens (including phenoxy) is 3. The Kier molecular flexibility index (Phi) is 9.11. The van der Waals surface area contributed by atoms with Crippen molar-refractivity contribution >= 4 is 35.0 Å². The van der Waals surface area contributed by atoms with E-state index in [0.29, 0.717) is 26.3 Å². The van der Waals surface area contributed by atoms with Gasteiger partial charge in [0.25, 0.3) is 11.8 Å². The summed E-state index contributed by atoms with van der Waals surface area (Å²) in [5.74, 6) is -1.63. The van der Waals surface area contributed by atoms with Crippen LogP contribution in [0.25, 0.3) is 0 Å². The van der Waals surface area contributed by atoms with Crippen molar-refractivity contribution in [2.45, 2.75) is 0 Å². The van der Waals surface area contributed by atoms with Gasteiger partial charge in [-0.1, -0.05) is 23.2 Å². The van der Waals surface area contributed by atoms with Crippen molar-refractivity contribution in [2.24, 2.45) is 11.8 Å². The molecule has 1 aliphatic rings. The van der Waals surface area contributed by atoms with E-state index in [9.17, 15) is 18.4 Å². The van der Waals surface area contributed by atoms with Gasteiger partial charge in [0, 0.05) is 37.1 Å². The third-order valence-corrected chi connectivity index (χ3v) is 5.59. The molecule has 2 unspecified atom stereocenters. The zero-order valence-electron chi connectivity index (χ0n) is 17.4. The fourth-order valence-electron chi connectivity index (χ4n) is 3.12. The summed E-state index contributed by atoms with van der Waals surface area (Å²) in [6, 6.07) is 7.83. The topological polar surface area (TPSA) is 85.9 Å². The highest BCUT2D eigenvalue weighted by molar-refractivity contribution is 6.31. The van der Waals surface area contributed by atoms with Gasteiger partial charge in [0.05, 0.1) is 23.3 Å². The lowest BCUT2D eigenvalue weighted by molar-refractivity contribution is -0.124. The van der Waals surface area contributed by atoms with Crippen molar-refractivity contribution in [3.63, 3.8) is 0 Å². The Bertz CT molecular complexity index is 918. The zero-order valence-corrected chi connectivity index (χ0v) is 18.9. The number of benzene rings is 2. The second-order valence-electron chi connectivity index (χ2n) is 7.39. The minimum absolute atomic E-state index is 0.00601. The minimum Gasteiger partial charge on any atom is -0.484 e.